The van der Waals surface area contributed by atoms with E-state index in [0.29, 0.717) is 18.8 Å². The zero-order valence-corrected chi connectivity index (χ0v) is 7.01. The molecule has 0 aliphatic rings. The van der Waals surface area contributed by atoms with Crippen molar-refractivity contribution in [1.82, 2.24) is 9.55 Å². The van der Waals surface area contributed by atoms with E-state index >= 15 is 0 Å². The van der Waals surface area contributed by atoms with Crippen LogP contribution in [0, 0.1) is 22.7 Å². The molecule has 66 valence electrons. The first-order valence-electron chi connectivity index (χ1n) is 3.84. The second-order valence-electron chi connectivity index (χ2n) is 2.58. The lowest BCUT2D eigenvalue weighted by Crippen LogP contribution is -2.19. The monoisotopic (exact) mass is 175 g/mol. The van der Waals surface area contributed by atoms with Crippen LogP contribution in [0.3, 0.4) is 0 Å². The number of hydrogen-bond donors (Lipinski definition) is 1. The summed E-state index contributed by atoms with van der Waals surface area (Å²) in [7, 11) is 0. The highest BCUT2D eigenvalue weighted by molar-refractivity contribution is 5.11. The number of nitrogens with two attached hydrogens (primary N) is 1. The van der Waals surface area contributed by atoms with Gasteiger partial charge in [-0.2, -0.15) is 10.5 Å². The van der Waals surface area contributed by atoms with Crippen LogP contribution in [0.15, 0.2) is 12.4 Å². The van der Waals surface area contributed by atoms with Gasteiger partial charge in [0.2, 0.25) is 5.82 Å². The minimum atomic E-state index is -0.478. The lowest BCUT2D eigenvalue weighted by Gasteiger charge is -2.03. The van der Waals surface area contributed by atoms with Gasteiger partial charge in [-0.1, -0.05) is 0 Å². The minimum Gasteiger partial charge on any atom is -0.323 e. The van der Waals surface area contributed by atoms with E-state index in [1.54, 1.807) is 17.0 Å². The molecule has 0 bridgehead atoms. The summed E-state index contributed by atoms with van der Waals surface area (Å²) in [6.45, 7) is 0.553. The Kier molecular flexibility index (Phi) is 3.02. The largest absolute Gasteiger partial charge is 0.323 e. The molecule has 0 radical (unpaired) electrons. The van der Waals surface area contributed by atoms with Crippen LogP contribution in [0.2, 0.25) is 0 Å². The van der Waals surface area contributed by atoms with Crippen molar-refractivity contribution in [2.24, 2.45) is 5.73 Å². The smallest absolute Gasteiger partial charge is 0.212 e. The number of imidazole rings is 1. The molecule has 5 nitrogen and oxygen atoms in total. The predicted octanol–water partition coefficient (Wildman–Crippen LogP) is -0.00424. The number of rotatable bonds is 3. The summed E-state index contributed by atoms with van der Waals surface area (Å²) < 4.78 is 1.68. The third-order valence-electron chi connectivity index (χ3n) is 1.66. The molecule has 2 N–H and O–H groups in total. The lowest BCUT2D eigenvalue weighted by atomic mass is 10.2. The van der Waals surface area contributed by atoms with Crippen LogP contribution in [0.1, 0.15) is 12.2 Å². The number of aromatic nitrogens is 2. The van der Waals surface area contributed by atoms with Gasteiger partial charge in [-0.05, 0) is 6.42 Å². The van der Waals surface area contributed by atoms with E-state index in [1.807, 2.05) is 12.1 Å². The SMILES string of the molecule is N#Cc1nccn1CCC(N)C#N. The summed E-state index contributed by atoms with van der Waals surface area (Å²) in [5.74, 6) is 0.352. The highest BCUT2D eigenvalue weighted by Gasteiger charge is 2.03. The van der Waals surface area contributed by atoms with Gasteiger partial charge < -0.3 is 10.3 Å². The molecule has 0 fully saturated rings. The average Bonchev–Trinajstić information content (AvgIpc) is 2.61. The molecule has 0 aliphatic heterocycles. The third-order valence-corrected chi connectivity index (χ3v) is 1.66. The fourth-order valence-corrected chi connectivity index (χ4v) is 0.945. The molecule has 1 atom stereocenters. The zero-order chi connectivity index (χ0) is 9.68. The van der Waals surface area contributed by atoms with Crippen molar-refractivity contribution >= 4 is 0 Å². The summed E-state index contributed by atoms with van der Waals surface area (Å²) in [6.07, 6.45) is 3.78. The summed E-state index contributed by atoms with van der Waals surface area (Å²) in [5, 5.41) is 17.0. The summed E-state index contributed by atoms with van der Waals surface area (Å²) in [5.41, 5.74) is 5.40. The maximum absolute atomic E-state index is 8.60. The highest BCUT2D eigenvalue weighted by atomic mass is 15.1. The van der Waals surface area contributed by atoms with E-state index in [4.69, 9.17) is 16.3 Å². The van der Waals surface area contributed by atoms with Crippen LogP contribution < -0.4 is 5.73 Å². The Bertz CT molecular complexity index is 353. The van der Waals surface area contributed by atoms with Crippen LogP contribution in [0.5, 0.6) is 0 Å². The van der Waals surface area contributed by atoms with Gasteiger partial charge in [0.15, 0.2) is 0 Å². The molecule has 1 rings (SSSR count). The molecule has 1 aromatic heterocycles. The van der Waals surface area contributed by atoms with E-state index in [1.165, 1.54) is 0 Å². The van der Waals surface area contributed by atoms with Gasteiger partial charge >= 0.3 is 0 Å². The van der Waals surface area contributed by atoms with Crippen LogP contribution in [0.25, 0.3) is 0 Å². The van der Waals surface area contributed by atoms with E-state index in [2.05, 4.69) is 4.98 Å². The molecule has 0 aromatic carbocycles. The molecular weight excluding hydrogens is 166 g/mol. The molecule has 5 heteroatoms. The van der Waals surface area contributed by atoms with Crippen LogP contribution in [-0.2, 0) is 6.54 Å². The second kappa shape index (κ2) is 4.24. The van der Waals surface area contributed by atoms with Gasteiger partial charge in [-0.25, -0.2) is 4.98 Å². The first-order valence-corrected chi connectivity index (χ1v) is 3.84. The van der Waals surface area contributed by atoms with Gasteiger partial charge in [-0.15, -0.1) is 0 Å². The first kappa shape index (κ1) is 9.24. The van der Waals surface area contributed by atoms with Gasteiger partial charge in [0.05, 0.1) is 12.1 Å². The molecular formula is C8H9N5. The molecule has 0 spiro atoms. The Hall–Kier alpha value is -1.85. The summed E-state index contributed by atoms with van der Waals surface area (Å²) in [4.78, 5) is 3.82. The van der Waals surface area contributed by atoms with Crippen molar-refractivity contribution in [1.29, 1.82) is 10.5 Å². The van der Waals surface area contributed by atoms with E-state index in [9.17, 15) is 0 Å². The van der Waals surface area contributed by atoms with Crippen molar-refractivity contribution in [3.05, 3.63) is 18.2 Å². The molecule has 13 heavy (non-hydrogen) atoms. The van der Waals surface area contributed by atoms with E-state index in [-0.39, 0.29) is 0 Å². The standard InChI is InChI=1S/C8H9N5/c9-5-7(11)1-3-13-4-2-12-8(13)6-10/h2,4,7H,1,3,11H2. The Morgan fingerprint density at radius 3 is 3.00 bits per heavy atom. The van der Waals surface area contributed by atoms with Gasteiger partial charge in [-0.3, -0.25) is 0 Å². The van der Waals surface area contributed by atoms with Crippen molar-refractivity contribution in [3.63, 3.8) is 0 Å². The van der Waals surface area contributed by atoms with Gasteiger partial charge in [0.25, 0.3) is 0 Å². The maximum atomic E-state index is 8.60. The summed E-state index contributed by atoms with van der Waals surface area (Å²) >= 11 is 0. The van der Waals surface area contributed by atoms with Crippen molar-refractivity contribution in [3.8, 4) is 12.1 Å². The van der Waals surface area contributed by atoms with Gasteiger partial charge in [0, 0.05) is 18.9 Å². The Balaban J connectivity index is 2.56. The minimum absolute atomic E-state index is 0.352. The molecule has 1 unspecified atom stereocenters. The molecule has 0 saturated heterocycles. The fraction of sp³-hybridized carbons (Fsp3) is 0.375. The van der Waals surface area contributed by atoms with Crippen LogP contribution >= 0.6 is 0 Å². The molecule has 1 aromatic rings. The molecule has 1 heterocycles. The summed E-state index contributed by atoms with van der Waals surface area (Å²) in [6, 6.07) is 3.39. The Morgan fingerprint density at radius 1 is 1.62 bits per heavy atom. The molecule has 0 aliphatic carbocycles. The van der Waals surface area contributed by atoms with E-state index < -0.39 is 6.04 Å². The van der Waals surface area contributed by atoms with Crippen molar-refractivity contribution in [2.45, 2.75) is 19.0 Å². The molecule has 0 amide bonds. The number of hydrogen-bond acceptors (Lipinski definition) is 4. The van der Waals surface area contributed by atoms with Crippen molar-refractivity contribution in [2.75, 3.05) is 0 Å². The normalized spacial score (nSPS) is 11.6. The second-order valence-corrected chi connectivity index (χ2v) is 2.58. The first-order chi connectivity index (χ1) is 6.27. The maximum Gasteiger partial charge on any atom is 0.212 e. The number of nitrogens with zero attached hydrogens (tertiary/aromatic N) is 4. The van der Waals surface area contributed by atoms with E-state index in [0.717, 1.165) is 0 Å². The lowest BCUT2D eigenvalue weighted by molar-refractivity contribution is 0.600. The Labute approximate surface area is 76.0 Å². The number of aryl methyl sites for hydroxylation is 1. The van der Waals surface area contributed by atoms with Crippen LogP contribution in [0.4, 0.5) is 0 Å². The topological polar surface area (TPSA) is 91.4 Å². The quantitative estimate of drug-likeness (QED) is 0.699. The van der Waals surface area contributed by atoms with Gasteiger partial charge in [0.1, 0.15) is 6.07 Å². The van der Waals surface area contributed by atoms with Crippen LogP contribution in [-0.4, -0.2) is 15.6 Å². The highest BCUT2D eigenvalue weighted by Crippen LogP contribution is 1.98. The fourth-order valence-electron chi connectivity index (χ4n) is 0.945. The Morgan fingerprint density at radius 2 is 2.38 bits per heavy atom. The van der Waals surface area contributed by atoms with Crippen molar-refractivity contribution < 1.29 is 0 Å². The number of nitriles is 2. The average molecular weight is 175 g/mol. The zero-order valence-electron chi connectivity index (χ0n) is 7.01. The predicted molar refractivity (Wildman–Crippen MR) is 45.1 cm³/mol. The molecule has 0 saturated carbocycles. The third kappa shape index (κ3) is 2.29.